The number of aliphatic imine (C=N–C) groups is 1. The highest BCUT2D eigenvalue weighted by Crippen LogP contribution is 2.27. The summed E-state index contributed by atoms with van der Waals surface area (Å²) in [7, 11) is 0. The number of benzene rings is 2. The van der Waals surface area contributed by atoms with Crippen molar-refractivity contribution in [2.24, 2.45) is 16.3 Å². The van der Waals surface area contributed by atoms with Gasteiger partial charge in [0.2, 0.25) is 0 Å². The summed E-state index contributed by atoms with van der Waals surface area (Å²) in [6.45, 7) is 15.8. The highest BCUT2D eigenvalue weighted by molar-refractivity contribution is 6.14. The van der Waals surface area contributed by atoms with Crippen LogP contribution in [-0.2, 0) is 0 Å². The van der Waals surface area contributed by atoms with Gasteiger partial charge in [-0.15, -0.1) is 0 Å². The number of nitrogen functional groups attached to an aromatic ring is 1. The number of hydrogen-bond donors (Lipinski definition) is 4. The Hall–Kier alpha value is -3.18. The molecule has 5 nitrogen and oxygen atoms in total. The smallest absolute Gasteiger partial charge is 0.151 e. The number of phenols is 1. The Kier molecular flexibility index (Phi) is 9.21. The van der Waals surface area contributed by atoms with Crippen LogP contribution in [0.5, 0.6) is 5.75 Å². The summed E-state index contributed by atoms with van der Waals surface area (Å²) < 4.78 is 0. The molecule has 1 aliphatic heterocycles. The summed E-state index contributed by atoms with van der Waals surface area (Å²) in [6, 6.07) is 13.9. The quantitative estimate of drug-likeness (QED) is 0.271. The SMILES string of the molecule is C=C1C=CC(C(C)(C)C)=NC1=N.Cc1cc(C)c(NN)c(O)c1.Cc1ccccc1. The summed E-state index contributed by atoms with van der Waals surface area (Å²) in [4.78, 5) is 4.15. The van der Waals surface area contributed by atoms with E-state index in [-0.39, 0.29) is 17.0 Å². The molecule has 0 spiro atoms. The highest BCUT2D eigenvalue weighted by atomic mass is 16.3. The molecule has 0 amide bonds. The molecule has 5 N–H and O–H groups in total. The average molecular weight is 407 g/mol. The first-order valence-electron chi connectivity index (χ1n) is 9.79. The van der Waals surface area contributed by atoms with E-state index in [4.69, 9.17) is 11.3 Å². The van der Waals surface area contributed by atoms with Crippen molar-refractivity contribution in [3.8, 4) is 5.75 Å². The topological polar surface area (TPSA) is 94.5 Å². The zero-order valence-electron chi connectivity index (χ0n) is 18.9. The Morgan fingerprint density at radius 3 is 2.00 bits per heavy atom. The Morgan fingerprint density at radius 1 is 1.00 bits per heavy atom. The first kappa shape index (κ1) is 24.9. The molecule has 3 rings (SSSR count). The van der Waals surface area contributed by atoms with Crippen molar-refractivity contribution in [2.75, 3.05) is 5.43 Å². The van der Waals surface area contributed by atoms with Gasteiger partial charge in [-0.25, -0.2) is 4.99 Å². The van der Waals surface area contributed by atoms with E-state index in [0.29, 0.717) is 11.3 Å². The van der Waals surface area contributed by atoms with Crippen LogP contribution in [0.4, 0.5) is 5.69 Å². The molecule has 160 valence electrons. The lowest BCUT2D eigenvalue weighted by atomic mass is 9.88. The number of aryl methyl sites for hydroxylation is 3. The van der Waals surface area contributed by atoms with E-state index in [1.54, 1.807) is 6.07 Å². The van der Waals surface area contributed by atoms with Gasteiger partial charge < -0.3 is 10.5 Å². The van der Waals surface area contributed by atoms with Gasteiger partial charge >= 0.3 is 0 Å². The predicted molar refractivity (Wildman–Crippen MR) is 129 cm³/mol. The highest BCUT2D eigenvalue weighted by Gasteiger charge is 2.19. The van der Waals surface area contributed by atoms with Crippen LogP contribution in [0.1, 0.15) is 37.5 Å². The number of nitrogens with zero attached hydrogens (tertiary/aromatic N) is 1. The van der Waals surface area contributed by atoms with Gasteiger partial charge in [-0.05, 0) is 50.1 Å². The van der Waals surface area contributed by atoms with Crippen LogP contribution < -0.4 is 11.3 Å². The number of nitrogens with two attached hydrogens (primary N) is 1. The number of hydrazine groups is 1. The van der Waals surface area contributed by atoms with Gasteiger partial charge in [0, 0.05) is 16.7 Å². The maximum absolute atomic E-state index is 9.33. The van der Waals surface area contributed by atoms with Crippen LogP contribution >= 0.6 is 0 Å². The van der Waals surface area contributed by atoms with Crippen molar-refractivity contribution in [1.82, 2.24) is 0 Å². The number of nitrogens with one attached hydrogen (secondary N) is 2. The number of hydrogen-bond acceptors (Lipinski definition) is 4. The Bertz CT molecular complexity index is 912. The summed E-state index contributed by atoms with van der Waals surface area (Å²) in [5, 5.41) is 16.8. The van der Waals surface area contributed by atoms with Crippen LogP contribution in [0.25, 0.3) is 0 Å². The number of anilines is 1. The molecule has 2 aromatic rings. The lowest BCUT2D eigenvalue weighted by Gasteiger charge is -2.21. The van der Waals surface area contributed by atoms with E-state index < -0.39 is 0 Å². The van der Waals surface area contributed by atoms with Crippen molar-refractivity contribution in [2.45, 2.75) is 41.5 Å². The fourth-order valence-electron chi connectivity index (χ4n) is 2.57. The molecule has 1 heterocycles. The molecule has 0 radical (unpaired) electrons. The van der Waals surface area contributed by atoms with Gasteiger partial charge in [-0.1, -0.05) is 69.3 Å². The maximum Gasteiger partial charge on any atom is 0.151 e. The molecule has 30 heavy (non-hydrogen) atoms. The molecule has 0 aliphatic carbocycles. The zero-order chi connectivity index (χ0) is 22.9. The minimum Gasteiger partial charge on any atom is -0.506 e. The molecule has 0 saturated carbocycles. The fraction of sp³-hybridized carbons (Fsp3) is 0.280. The second kappa shape index (κ2) is 11.1. The normalized spacial score (nSPS) is 12.8. The molecule has 2 aromatic carbocycles. The fourth-order valence-corrected chi connectivity index (χ4v) is 2.57. The number of dihydropyridines is 1. The second-order valence-corrected chi connectivity index (χ2v) is 8.23. The van der Waals surface area contributed by atoms with Gasteiger partial charge in [-0.3, -0.25) is 11.3 Å². The van der Waals surface area contributed by atoms with Crippen LogP contribution in [0.2, 0.25) is 0 Å². The average Bonchev–Trinajstić information content (AvgIpc) is 2.64. The number of phenolic OH excluding ortho intramolecular Hbond substituents is 1. The number of allylic oxidation sites excluding steroid dienone is 1. The lowest BCUT2D eigenvalue weighted by molar-refractivity contribution is 0.476. The second-order valence-electron chi connectivity index (χ2n) is 8.23. The molecule has 0 atom stereocenters. The minimum absolute atomic E-state index is 0.0174. The van der Waals surface area contributed by atoms with Crippen molar-refractivity contribution in [3.63, 3.8) is 0 Å². The third kappa shape index (κ3) is 8.05. The standard InChI is InChI=1S/C10H14N2.C8H12N2O.C7H8/c1-7-5-6-8(10(2,3)4)12-9(7)11;1-5-3-6(2)8(10-9)7(11)4-5;1-7-5-3-2-4-6-7/h5-6,11H,1H2,2-4H3;3-4,10-11H,9H2,1-2H3;2-6H,1H3. The van der Waals surface area contributed by atoms with E-state index >= 15 is 0 Å². The van der Waals surface area contributed by atoms with E-state index in [2.05, 4.69) is 56.8 Å². The van der Waals surface area contributed by atoms with Gasteiger partial charge in [0.05, 0.1) is 5.69 Å². The first-order chi connectivity index (χ1) is 14.0. The molecule has 0 aromatic heterocycles. The van der Waals surface area contributed by atoms with Crippen LogP contribution in [-0.4, -0.2) is 16.7 Å². The Balaban J connectivity index is 0.000000232. The van der Waals surface area contributed by atoms with E-state index in [0.717, 1.165) is 16.8 Å². The summed E-state index contributed by atoms with van der Waals surface area (Å²) in [5.41, 5.74) is 7.98. The molecular formula is C25H34N4O. The monoisotopic (exact) mass is 406 g/mol. The number of amidine groups is 1. The molecular weight excluding hydrogens is 372 g/mol. The zero-order valence-corrected chi connectivity index (χ0v) is 18.9. The number of rotatable bonds is 1. The van der Waals surface area contributed by atoms with E-state index in [1.807, 2.05) is 50.3 Å². The number of aromatic hydroxyl groups is 1. The minimum atomic E-state index is 0.0174. The van der Waals surface area contributed by atoms with Crippen LogP contribution in [0.3, 0.4) is 0 Å². The van der Waals surface area contributed by atoms with E-state index in [9.17, 15) is 5.11 Å². The van der Waals surface area contributed by atoms with Crippen molar-refractivity contribution in [3.05, 3.63) is 83.5 Å². The van der Waals surface area contributed by atoms with E-state index in [1.165, 1.54) is 5.56 Å². The largest absolute Gasteiger partial charge is 0.506 e. The van der Waals surface area contributed by atoms with Gasteiger partial charge in [0.15, 0.2) is 5.84 Å². The molecule has 1 aliphatic rings. The molecule has 5 heteroatoms. The Labute approximate surface area is 180 Å². The lowest BCUT2D eigenvalue weighted by Crippen LogP contribution is -2.21. The van der Waals surface area contributed by atoms with Crippen LogP contribution in [0.15, 0.2) is 71.8 Å². The molecule has 0 bridgehead atoms. The van der Waals surface area contributed by atoms with Crippen molar-refractivity contribution >= 4 is 17.2 Å². The van der Waals surface area contributed by atoms with Gasteiger partial charge in [0.25, 0.3) is 0 Å². The third-order valence-corrected chi connectivity index (χ3v) is 4.29. The van der Waals surface area contributed by atoms with Gasteiger partial charge in [-0.2, -0.15) is 0 Å². The third-order valence-electron chi connectivity index (χ3n) is 4.29. The van der Waals surface area contributed by atoms with Crippen molar-refractivity contribution in [1.29, 1.82) is 5.41 Å². The summed E-state index contributed by atoms with van der Waals surface area (Å²) in [5.74, 6) is 5.67. The Morgan fingerprint density at radius 2 is 1.60 bits per heavy atom. The van der Waals surface area contributed by atoms with Gasteiger partial charge in [0.1, 0.15) is 5.75 Å². The predicted octanol–water partition coefficient (Wildman–Crippen LogP) is 5.87. The molecule has 0 saturated heterocycles. The summed E-state index contributed by atoms with van der Waals surface area (Å²) >= 11 is 0. The molecule has 0 fully saturated rings. The maximum atomic E-state index is 9.33. The van der Waals surface area contributed by atoms with Crippen molar-refractivity contribution < 1.29 is 5.11 Å². The molecule has 0 unspecified atom stereocenters. The summed E-state index contributed by atoms with van der Waals surface area (Å²) in [6.07, 6.45) is 3.77. The first-order valence-corrected chi connectivity index (χ1v) is 9.79. The van der Waals surface area contributed by atoms with Crippen LogP contribution in [0, 0.1) is 31.6 Å².